The molecule has 2 atom stereocenters. The quantitative estimate of drug-likeness (QED) is 0.632. The van der Waals surface area contributed by atoms with Crippen LogP contribution in [0.3, 0.4) is 0 Å². The molecule has 0 aliphatic carbocycles. The van der Waals surface area contributed by atoms with Crippen molar-refractivity contribution in [1.82, 2.24) is 4.90 Å². The zero-order valence-corrected chi connectivity index (χ0v) is 10.3. The molecule has 0 aromatic rings. The fourth-order valence-electron chi connectivity index (χ4n) is 2.74. The van der Waals surface area contributed by atoms with E-state index in [9.17, 15) is 4.79 Å². The fraction of sp³-hybridized carbons (Fsp3) is 0.917. The highest BCUT2D eigenvalue weighted by Crippen LogP contribution is 2.43. The summed E-state index contributed by atoms with van der Waals surface area (Å²) in [6.45, 7) is 11.9. The van der Waals surface area contributed by atoms with Crippen molar-refractivity contribution < 1.29 is 4.79 Å². The van der Waals surface area contributed by atoms with Crippen molar-refractivity contribution in [2.45, 2.75) is 34.6 Å². The number of piperidine rings is 1. The monoisotopic (exact) mass is 197 g/mol. The normalized spacial score (nSPS) is 32.5. The Bertz CT molecular complexity index is 232. The van der Waals surface area contributed by atoms with E-state index < -0.39 is 0 Å². The van der Waals surface area contributed by atoms with E-state index >= 15 is 0 Å². The lowest BCUT2D eigenvalue weighted by molar-refractivity contribution is -0.150. The van der Waals surface area contributed by atoms with Crippen LogP contribution in [0.25, 0.3) is 0 Å². The first-order valence-corrected chi connectivity index (χ1v) is 5.53. The van der Waals surface area contributed by atoms with Crippen molar-refractivity contribution in [2.24, 2.45) is 23.2 Å². The minimum atomic E-state index is 0.137. The molecular formula is C12H23NO. The highest BCUT2D eigenvalue weighted by Gasteiger charge is 2.46. The number of nitrogens with zero attached hydrogens (tertiary/aromatic N) is 1. The average molecular weight is 197 g/mol. The van der Waals surface area contributed by atoms with Crippen molar-refractivity contribution in [3.8, 4) is 0 Å². The first-order chi connectivity index (χ1) is 6.28. The van der Waals surface area contributed by atoms with Gasteiger partial charge in [-0.1, -0.05) is 34.6 Å². The maximum atomic E-state index is 12.1. The number of carbonyl (C=O) groups is 1. The number of rotatable bonds is 1. The molecule has 0 saturated carbocycles. The van der Waals surface area contributed by atoms with Gasteiger partial charge in [0, 0.05) is 19.5 Å². The van der Waals surface area contributed by atoms with Gasteiger partial charge in [0.05, 0.1) is 0 Å². The fourth-order valence-corrected chi connectivity index (χ4v) is 2.74. The molecule has 2 heteroatoms. The Morgan fingerprint density at radius 2 is 1.93 bits per heavy atom. The van der Waals surface area contributed by atoms with E-state index in [1.54, 1.807) is 0 Å². The molecule has 1 saturated heterocycles. The van der Waals surface area contributed by atoms with E-state index in [0.717, 1.165) is 6.54 Å². The second-order valence-corrected chi connectivity index (χ2v) is 5.66. The number of hydrogen-bond donors (Lipinski definition) is 0. The molecule has 1 fully saturated rings. The third-order valence-electron chi connectivity index (χ3n) is 3.93. The van der Waals surface area contributed by atoms with Gasteiger partial charge in [-0.2, -0.15) is 0 Å². The molecule has 1 aliphatic heterocycles. The number of likely N-dealkylation sites (tertiary alicyclic amines) is 1. The van der Waals surface area contributed by atoms with Gasteiger partial charge in [-0.05, 0) is 17.3 Å². The molecule has 0 spiro atoms. The molecule has 0 bridgehead atoms. The Hall–Kier alpha value is -0.530. The van der Waals surface area contributed by atoms with E-state index in [1.807, 2.05) is 11.9 Å². The Morgan fingerprint density at radius 3 is 2.36 bits per heavy atom. The van der Waals surface area contributed by atoms with Gasteiger partial charge in [-0.15, -0.1) is 0 Å². The van der Waals surface area contributed by atoms with Crippen LogP contribution in [-0.2, 0) is 4.79 Å². The minimum Gasteiger partial charge on any atom is -0.345 e. The van der Waals surface area contributed by atoms with E-state index in [-0.39, 0.29) is 11.3 Å². The van der Waals surface area contributed by atoms with Crippen LogP contribution < -0.4 is 0 Å². The predicted molar refractivity (Wildman–Crippen MR) is 58.9 cm³/mol. The van der Waals surface area contributed by atoms with Crippen LogP contribution in [0.15, 0.2) is 0 Å². The van der Waals surface area contributed by atoms with E-state index in [1.165, 1.54) is 0 Å². The van der Waals surface area contributed by atoms with Crippen molar-refractivity contribution in [2.75, 3.05) is 13.6 Å². The van der Waals surface area contributed by atoms with Crippen LogP contribution >= 0.6 is 0 Å². The van der Waals surface area contributed by atoms with Crippen molar-refractivity contribution >= 4 is 5.91 Å². The summed E-state index contributed by atoms with van der Waals surface area (Å²) in [4.78, 5) is 13.9. The first-order valence-electron chi connectivity index (χ1n) is 5.53. The van der Waals surface area contributed by atoms with E-state index in [2.05, 4.69) is 34.6 Å². The van der Waals surface area contributed by atoms with Gasteiger partial charge in [-0.25, -0.2) is 0 Å². The average Bonchev–Trinajstić information content (AvgIpc) is 2.00. The summed E-state index contributed by atoms with van der Waals surface area (Å²) in [7, 11) is 1.92. The van der Waals surface area contributed by atoms with Gasteiger partial charge >= 0.3 is 0 Å². The number of carbonyl (C=O) groups excluding carboxylic acids is 1. The van der Waals surface area contributed by atoms with Crippen LogP contribution in [0.5, 0.6) is 0 Å². The molecule has 1 heterocycles. The van der Waals surface area contributed by atoms with Crippen LogP contribution in [0, 0.1) is 23.2 Å². The van der Waals surface area contributed by atoms with Gasteiger partial charge in [-0.3, -0.25) is 4.79 Å². The lowest BCUT2D eigenvalue weighted by Gasteiger charge is -2.48. The van der Waals surface area contributed by atoms with E-state index in [0.29, 0.717) is 17.7 Å². The minimum absolute atomic E-state index is 0.137. The van der Waals surface area contributed by atoms with Gasteiger partial charge in [0.25, 0.3) is 0 Å². The van der Waals surface area contributed by atoms with Gasteiger partial charge in [0.15, 0.2) is 0 Å². The van der Waals surface area contributed by atoms with Gasteiger partial charge in [0.2, 0.25) is 5.91 Å². The molecule has 0 N–H and O–H groups in total. The molecule has 82 valence electrons. The SMILES string of the molecule is CC(C)[C@@H]1C(=O)N(C)CC(C)C1(C)C. The van der Waals surface area contributed by atoms with Crippen LogP contribution in [-0.4, -0.2) is 24.4 Å². The molecule has 1 aliphatic rings. The highest BCUT2D eigenvalue weighted by atomic mass is 16.2. The van der Waals surface area contributed by atoms with Crippen LogP contribution in [0.2, 0.25) is 0 Å². The summed E-state index contributed by atoms with van der Waals surface area (Å²) in [6.07, 6.45) is 0. The Morgan fingerprint density at radius 1 is 1.43 bits per heavy atom. The second-order valence-electron chi connectivity index (χ2n) is 5.66. The molecule has 1 rings (SSSR count). The molecule has 14 heavy (non-hydrogen) atoms. The number of hydrogen-bond acceptors (Lipinski definition) is 1. The molecule has 1 unspecified atom stereocenters. The summed E-state index contributed by atoms with van der Waals surface area (Å²) in [5.74, 6) is 1.51. The van der Waals surface area contributed by atoms with Gasteiger partial charge in [0.1, 0.15) is 0 Å². The maximum absolute atomic E-state index is 12.1. The Labute approximate surface area is 87.7 Å². The highest BCUT2D eigenvalue weighted by molar-refractivity contribution is 5.80. The molecule has 2 nitrogen and oxygen atoms in total. The molecule has 0 aromatic carbocycles. The predicted octanol–water partition coefficient (Wildman–Crippen LogP) is 2.39. The van der Waals surface area contributed by atoms with Crippen molar-refractivity contribution in [1.29, 1.82) is 0 Å². The van der Waals surface area contributed by atoms with Crippen LogP contribution in [0.1, 0.15) is 34.6 Å². The summed E-state index contributed by atoms with van der Waals surface area (Å²) in [5.41, 5.74) is 0.137. The standard InChI is InChI=1S/C12H23NO/c1-8(2)10-11(14)13(6)7-9(3)12(10,4)5/h8-10H,7H2,1-6H3/t9?,10-/m1/s1. The molecule has 0 radical (unpaired) electrons. The summed E-state index contributed by atoms with van der Waals surface area (Å²) in [6, 6.07) is 0. The third-order valence-corrected chi connectivity index (χ3v) is 3.93. The lowest BCUT2D eigenvalue weighted by Crippen LogP contribution is -2.54. The molecular weight excluding hydrogens is 174 g/mol. The largest absolute Gasteiger partial charge is 0.345 e. The Balaban J connectivity index is 3.00. The molecule has 0 aromatic heterocycles. The second kappa shape index (κ2) is 3.56. The first kappa shape index (κ1) is 11.5. The maximum Gasteiger partial charge on any atom is 0.226 e. The van der Waals surface area contributed by atoms with E-state index in [4.69, 9.17) is 0 Å². The van der Waals surface area contributed by atoms with Crippen LogP contribution in [0.4, 0.5) is 0 Å². The smallest absolute Gasteiger partial charge is 0.226 e. The van der Waals surface area contributed by atoms with Crippen molar-refractivity contribution in [3.63, 3.8) is 0 Å². The topological polar surface area (TPSA) is 20.3 Å². The third kappa shape index (κ3) is 1.67. The Kier molecular flexibility index (Phi) is 2.93. The summed E-state index contributed by atoms with van der Waals surface area (Å²) in [5, 5.41) is 0. The summed E-state index contributed by atoms with van der Waals surface area (Å²) >= 11 is 0. The van der Waals surface area contributed by atoms with Crippen molar-refractivity contribution in [3.05, 3.63) is 0 Å². The lowest BCUT2D eigenvalue weighted by atomic mass is 9.63. The number of amides is 1. The zero-order chi connectivity index (χ0) is 11.1. The summed E-state index contributed by atoms with van der Waals surface area (Å²) < 4.78 is 0. The van der Waals surface area contributed by atoms with Gasteiger partial charge < -0.3 is 4.90 Å². The zero-order valence-electron chi connectivity index (χ0n) is 10.3. The molecule has 1 amide bonds.